The Morgan fingerprint density at radius 3 is 1.97 bits per heavy atom. The number of fused-ring (bicyclic) bond motifs is 3. The zero-order chi connectivity index (χ0) is 25.3. The van der Waals surface area contributed by atoms with Crippen molar-refractivity contribution in [1.29, 1.82) is 0 Å². The second-order valence-electron chi connectivity index (χ2n) is 8.46. The van der Waals surface area contributed by atoms with Crippen molar-refractivity contribution in [3.8, 4) is 11.1 Å². The monoisotopic (exact) mass is 478 g/mol. The van der Waals surface area contributed by atoms with Crippen LogP contribution in [-0.4, -0.2) is 47.4 Å². The van der Waals surface area contributed by atoms with E-state index in [2.05, 4.69) is 0 Å². The molecule has 0 spiro atoms. The molecule has 2 amide bonds. The Labute approximate surface area is 194 Å². The Hall–Kier alpha value is -3.56. The number of halogens is 3. The average Bonchev–Trinajstić information content (AvgIpc) is 3.09. The number of carbonyl (C=O) groups is 3. The highest BCUT2D eigenvalue weighted by atomic mass is 19.4. The molecule has 0 bridgehead atoms. The minimum Gasteiger partial charge on any atom is -0.481 e. The first-order chi connectivity index (χ1) is 15.9. The summed E-state index contributed by atoms with van der Waals surface area (Å²) >= 11 is 0. The van der Waals surface area contributed by atoms with E-state index in [1.54, 1.807) is 5.32 Å². The van der Waals surface area contributed by atoms with Gasteiger partial charge in [0.05, 0.1) is 5.92 Å². The number of aliphatic carboxylic acids is 1. The molecule has 0 aromatic heterocycles. The zero-order valence-electron chi connectivity index (χ0n) is 18.8. The number of carbonyl (C=O) groups excluding carboxylic acids is 2. The number of nitrogens with one attached hydrogen (secondary N) is 2. The minimum atomic E-state index is -5.17. The number of amides is 2. The first-order valence-electron chi connectivity index (χ1n) is 10.6. The highest BCUT2D eigenvalue weighted by Gasteiger charge is 2.58. The molecule has 0 fully saturated rings. The smallest absolute Gasteiger partial charge is 0.420 e. The number of carboxylic acids is 1. The van der Waals surface area contributed by atoms with E-state index < -0.39 is 41.6 Å². The zero-order valence-corrected chi connectivity index (χ0v) is 18.8. The lowest BCUT2D eigenvalue weighted by atomic mass is 9.97. The van der Waals surface area contributed by atoms with Gasteiger partial charge in [0.25, 0.3) is 5.91 Å². The third-order valence-corrected chi connectivity index (χ3v) is 6.22. The molecular weight excluding hydrogens is 453 g/mol. The minimum absolute atomic E-state index is 0.234. The first kappa shape index (κ1) is 25.1. The number of ether oxygens (including phenoxy) is 1. The molecule has 3 atom stereocenters. The van der Waals surface area contributed by atoms with Gasteiger partial charge < -0.3 is 15.2 Å². The summed E-state index contributed by atoms with van der Waals surface area (Å²) in [5.41, 5.74) is 0.331. The number of hydrogen-bond donors (Lipinski definition) is 3. The molecule has 2 aromatic carbocycles. The maximum atomic E-state index is 13.8. The Morgan fingerprint density at radius 2 is 1.50 bits per heavy atom. The van der Waals surface area contributed by atoms with Gasteiger partial charge in [-0.2, -0.15) is 13.2 Å². The molecule has 2 aromatic rings. The standard InChI is InChI=1S/C24H25F3N2O5/c1-13(20(30)31)14(2)28-21(32)23(3,24(25,26)27)29-22(33)34-12-19-17-10-6-4-8-15(17)16-9-5-7-11-18(16)19/h4-11,13-14,19H,12H2,1-3H3,(H,28,32)(H,29,33)(H,30,31). The molecule has 1 aliphatic rings. The lowest BCUT2D eigenvalue weighted by Gasteiger charge is -2.33. The molecule has 1 aliphatic carbocycles. The fraction of sp³-hybridized carbons (Fsp3) is 0.375. The van der Waals surface area contributed by atoms with Crippen LogP contribution in [-0.2, 0) is 14.3 Å². The molecule has 0 heterocycles. The van der Waals surface area contributed by atoms with Crippen molar-refractivity contribution in [2.24, 2.45) is 5.92 Å². The van der Waals surface area contributed by atoms with Crippen molar-refractivity contribution >= 4 is 18.0 Å². The highest BCUT2D eigenvalue weighted by molar-refractivity contribution is 5.91. The van der Waals surface area contributed by atoms with Crippen LogP contribution in [0.1, 0.15) is 37.8 Å². The van der Waals surface area contributed by atoms with Gasteiger partial charge in [0.2, 0.25) is 5.54 Å². The maximum Gasteiger partial charge on any atom is 0.420 e. The maximum absolute atomic E-state index is 13.8. The van der Waals surface area contributed by atoms with Crippen LogP contribution >= 0.6 is 0 Å². The second-order valence-corrected chi connectivity index (χ2v) is 8.46. The largest absolute Gasteiger partial charge is 0.481 e. The van der Waals surface area contributed by atoms with E-state index in [0.29, 0.717) is 6.92 Å². The number of alkyl carbamates (subject to hydrolysis) is 1. The first-order valence-corrected chi connectivity index (χ1v) is 10.6. The van der Waals surface area contributed by atoms with Crippen LogP contribution in [0.5, 0.6) is 0 Å². The Kier molecular flexibility index (Phi) is 6.90. The van der Waals surface area contributed by atoms with Gasteiger partial charge in [0, 0.05) is 12.0 Å². The van der Waals surface area contributed by atoms with Gasteiger partial charge in [-0.3, -0.25) is 14.9 Å². The summed E-state index contributed by atoms with van der Waals surface area (Å²) in [5, 5.41) is 12.7. The summed E-state index contributed by atoms with van der Waals surface area (Å²) in [6.45, 7) is 2.78. The summed E-state index contributed by atoms with van der Waals surface area (Å²) in [7, 11) is 0. The van der Waals surface area contributed by atoms with E-state index in [1.165, 1.54) is 13.8 Å². The third-order valence-electron chi connectivity index (χ3n) is 6.22. The van der Waals surface area contributed by atoms with Crippen LogP contribution in [0.25, 0.3) is 11.1 Å². The van der Waals surface area contributed by atoms with Crippen LogP contribution in [0, 0.1) is 5.92 Å². The van der Waals surface area contributed by atoms with Crippen molar-refractivity contribution in [2.45, 2.75) is 44.4 Å². The van der Waals surface area contributed by atoms with E-state index in [-0.39, 0.29) is 12.5 Å². The highest BCUT2D eigenvalue weighted by Crippen LogP contribution is 2.44. The summed E-state index contributed by atoms with van der Waals surface area (Å²) < 4.78 is 46.6. The van der Waals surface area contributed by atoms with Crippen molar-refractivity contribution in [2.75, 3.05) is 6.61 Å². The SMILES string of the molecule is CC(NC(=O)C(C)(NC(=O)OCC1c2ccccc2-c2ccccc21)C(F)(F)F)C(C)C(=O)O. The lowest BCUT2D eigenvalue weighted by Crippen LogP contribution is -2.66. The summed E-state index contributed by atoms with van der Waals surface area (Å²) in [6, 6.07) is 13.8. The Balaban J connectivity index is 1.74. The summed E-state index contributed by atoms with van der Waals surface area (Å²) in [6.07, 6.45) is -6.59. The second kappa shape index (κ2) is 9.36. The van der Waals surface area contributed by atoms with Crippen molar-refractivity contribution in [1.82, 2.24) is 10.6 Å². The van der Waals surface area contributed by atoms with Crippen molar-refractivity contribution < 1.29 is 37.4 Å². The van der Waals surface area contributed by atoms with Crippen LogP contribution in [0.4, 0.5) is 18.0 Å². The molecule has 3 rings (SSSR count). The molecule has 3 N–H and O–H groups in total. The van der Waals surface area contributed by atoms with Gasteiger partial charge in [0.15, 0.2) is 0 Å². The molecule has 3 unspecified atom stereocenters. The van der Waals surface area contributed by atoms with Crippen molar-refractivity contribution in [3.63, 3.8) is 0 Å². The van der Waals surface area contributed by atoms with Crippen LogP contribution in [0.15, 0.2) is 48.5 Å². The van der Waals surface area contributed by atoms with Gasteiger partial charge in [-0.1, -0.05) is 48.5 Å². The Morgan fingerprint density at radius 1 is 1.00 bits per heavy atom. The molecule has 7 nitrogen and oxygen atoms in total. The normalized spacial score (nSPS) is 16.4. The van der Waals surface area contributed by atoms with E-state index >= 15 is 0 Å². The predicted octanol–water partition coefficient (Wildman–Crippen LogP) is 4.07. The fourth-order valence-corrected chi connectivity index (χ4v) is 3.78. The number of alkyl halides is 3. The van der Waals surface area contributed by atoms with E-state index in [9.17, 15) is 27.6 Å². The van der Waals surface area contributed by atoms with E-state index in [4.69, 9.17) is 9.84 Å². The van der Waals surface area contributed by atoms with Gasteiger partial charge in [-0.25, -0.2) is 4.79 Å². The molecule has 0 radical (unpaired) electrons. The predicted molar refractivity (Wildman–Crippen MR) is 117 cm³/mol. The molecule has 0 aliphatic heterocycles. The van der Waals surface area contributed by atoms with Gasteiger partial charge in [0.1, 0.15) is 6.61 Å². The number of carboxylic acid groups (broad SMARTS) is 1. The Bertz CT molecular complexity index is 1060. The van der Waals surface area contributed by atoms with Gasteiger partial charge in [-0.05, 0) is 43.0 Å². The van der Waals surface area contributed by atoms with Crippen LogP contribution < -0.4 is 10.6 Å². The number of rotatable bonds is 7. The fourth-order valence-electron chi connectivity index (χ4n) is 3.78. The number of benzene rings is 2. The quantitative estimate of drug-likeness (QED) is 0.557. The van der Waals surface area contributed by atoms with Gasteiger partial charge >= 0.3 is 18.2 Å². The van der Waals surface area contributed by atoms with E-state index in [1.807, 2.05) is 53.8 Å². The molecule has 0 saturated carbocycles. The van der Waals surface area contributed by atoms with Crippen LogP contribution in [0.3, 0.4) is 0 Å². The molecule has 0 saturated heterocycles. The topological polar surface area (TPSA) is 105 Å². The third kappa shape index (κ3) is 4.71. The molecule has 10 heteroatoms. The molecule has 182 valence electrons. The van der Waals surface area contributed by atoms with Crippen LogP contribution in [0.2, 0.25) is 0 Å². The van der Waals surface area contributed by atoms with E-state index in [0.717, 1.165) is 22.3 Å². The van der Waals surface area contributed by atoms with Gasteiger partial charge in [-0.15, -0.1) is 0 Å². The lowest BCUT2D eigenvalue weighted by molar-refractivity contribution is -0.194. The number of hydrogen-bond acceptors (Lipinski definition) is 4. The molecular formula is C24H25F3N2O5. The molecule has 34 heavy (non-hydrogen) atoms. The summed E-state index contributed by atoms with van der Waals surface area (Å²) in [5.74, 6) is -4.39. The summed E-state index contributed by atoms with van der Waals surface area (Å²) in [4.78, 5) is 36.0. The van der Waals surface area contributed by atoms with Crippen molar-refractivity contribution in [3.05, 3.63) is 59.7 Å². The average molecular weight is 478 g/mol.